The molecule has 0 aliphatic rings. The van der Waals surface area contributed by atoms with Crippen LogP contribution in [0.1, 0.15) is 9.67 Å². The molecule has 0 bridgehead atoms. The molecule has 0 saturated heterocycles. The van der Waals surface area contributed by atoms with Gasteiger partial charge >= 0.3 is 5.69 Å². The number of nitrogens with zero attached hydrogens (tertiary/aromatic N) is 3. The number of thiophene rings is 1. The fourth-order valence-electron chi connectivity index (χ4n) is 3.34. The highest BCUT2D eigenvalue weighted by Crippen LogP contribution is 2.30. The van der Waals surface area contributed by atoms with Crippen LogP contribution in [-0.2, 0) is 24.1 Å². The summed E-state index contributed by atoms with van der Waals surface area (Å²) in [5, 5.41) is 1.71. The molecule has 160 valence electrons. The maximum Gasteiger partial charge on any atom is 0.328 e. The molecule has 31 heavy (non-hydrogen) atoms. The van der Waals surface area contributed by atoms with Crippen LogP contribution in [0.25, 0.3) is 11.0 Å². The minimum atomic E-state index is -4.29. The first-order valence-corrected chi connectivity index (χ1v) is 11.5. The molecule has 2 aromatic heterocycles. The zero-order chi connectivity index (χ0) is 22.3. The van der Waals surface area contributed by atoms with Crippen molar-refractivity contribution in [3.63, 3.8) is 0 Å². The summed E-state index contributed by atoms with van der Waals surface area (Å²) in [5.74, 6) is -0.132. The fraction of sp³-hybridized carbons (Fsp3) is 0.143. The molecule has 4 aromatic rings. The highest BCUT2D eigenvalue weighted by atomic mass is 32.2. The smallest absolute Gasteiger partial charge is 0.328 e. The fourth-order valence-corrected chi connectivity index (χ4v) is 5.47. The second-order valence-corrected chi connectivity index (χ2v) is 9.54. The Morgan fingerprint density at radius 2 is 1.68 bits per heavy atom. The van der Waals surface area contributed by atoms with Gasteiger partial charge < -0.3 is 4.74 Å². The van der Waals surface area contributed by atoms with Gasteiger partial charge in [0.1, 0.15) is 5.75 Å². The maximum atomic E-state index is 13.7. The van der Waals surface area contributed by atoms with Crippen molar-refractivity contribution in [1.29, 1.82) is 0 Å². The van der Waals surface area contributed by atoms with Gasteiger partial charge in [0.05, 0.1) is 33.6 Å². The average Bonchev–Trinajstić information content (AvgIpc) is 3.38. The summed E-state index contributed by atoms with van der Waals surface area (Å²) in [7, 11) is 0.396. The van der Waals surface area contributed by atoms with Crippen molar-refractivity contribution >= 4 is 44.0 Å². The monoisotopic (exact) mass is 457 g/mol. The third kappa shape index (κ3) is 3.43. The van der Waals surface area contributed by atoms with Crippen molar-refractivity contribution in [1.82, 2.24) is 9.13 Å². The van der Waals surface area contributed by atoms with Crippen molar-refractivity contribution in [2.24, 2.45) is 14.1 Å². The Bertz CT molecular complexity index is 1430. The lowest BCUT2D eigenvalue weighted by Gasteiger charge is -2.22. The SMILES string of the molecule is COc1ccc(N(C(=O)c2cccs2)S(=O)(=O)c2ccc3c(c2)n(C)c(=O)n3C)cc1. The number of imidazole rings is 1. The van der Waals surface area contributed by atoms with E-state index in [-0.39, 0.29) is 21.1 Å². The third-order valence-corrected chi connectivity index (χ3v) is 7.57. The summed E-state index contributed by atoms with van der Waals surface area (Å²) in [6, 6.07) is 13.8. The van der Waals surface area contributed by atoms with E-state index >= 15 is 0 Å². The standard InChI is InChI=1S/C21H19N3O5S2/c1-22-17-11-10-16(13-18(17)23(2)21(22)26)31(27,28)24(20(25)19-5-4-12-30-19)14-6-8-15(29-3)9-7-14/h4-13H,1-3H3. The molecule has 0 saturated carbocycles. The Labute approximate surface area is 182 Å². The number of rotatable bonds is 5. The maximum absolute atomic E-state index is 13.7. The van der Waals surface area contributed by atoms with E-state index in [1.807, 2.05) is 0 Å². The second-order valence-electron chi connectivity index (χ2n) is 6.80. The Kier molecular flexibility index (Phi) is 5.19. The number of aryl methyl sites for hydroxylation is 2. The molecule has 0 unspecified atom stereocenters. The molecule has 0 aliphatic carbocycles. The van der Waals surface area contributed by atoms with Gasteiger partial charge in [0, 0.05) is 14.1 Å². The molecule has 10 heteroatoms. The first-order chi connectivity index (χ1) is 14.8. The summed E-state index contributed by atoms with van der Waals surface area (Å²) >= 11 is 1.15. The summed E-state index contributed by atoms with van der Waals surface area (Å²) in [6.07, 6.45) is 0. The topological polar surface area (TPSA) is 90.6 Å². The number of fused-ring (bicyclic) bond motifs is 1. The number of ether oxygens (including phenoxy) is 1. The van der Waals surface area contributed by atoms with Crippen LogP contribution in [0.5, 0.6) is 5.75 Å². The van der Waals surface area contributed by atoms with Crippen molar-refractivity contribution in [3.8, 4) is 5.75 Å². The summed E-state index contributed by atoms with van der Waals surface area (Å²) in [4.78, 5) is 25.7. The molecule has 0 radical (unpaired) electrons. The molecule has 0 spiro atoms. The first kappa shape index (κ1) is 20.9. The lowest BCUT2D eigenvalue weighted by molar-refractivity contribution is 0.101. The van der Waals surface area contributed by atoms with Crippen LogP contribution in [0, 0.1) is 0 Å². The van der Waals surface area contributed by atoms with Crippen LogP contribution in [0.2, 0.25) is 0 Å². The van der Waals surface area contributed by atoms with Crippen molar-refractivity contribution in [2.45, 2.75) is 4.90 Å². The van der Waals surface area contributed by atoms with Crippen LogP contribution >= 0.6 is 11.3 Å². The molecule has 4 rings (SSSR count). The lowest BCUT2D eigenvalue weighted by atomic mass is 10.3. The van der Waals surface area contributed by atoms with Gasteiger partial charge in [-0.05, 0) is 53.9 Å². The van der Waals surface area contributed by atoms with Gasteiger partial charge in [0.15, 0.2) is 0 Å². The van der Waals surface area contributed by atoms with E-state index in [0.717, 1.165) is 15.6 Å². The van der Waals surface area contributed by atoms with E-state index in [4.69, 9.17) is 4.74 Å². The number of carbonyl (C=O) groups excluding carboxylic acids is 1. The lowest BCUT2D eigenvalue weighted by Crippen LogP contribution is -2.36. The number of aromatic nitrogens is 2. The number of methoxy groups -OCH3 is 1. The van der Waals surface area contributed by atoms with E-state index in [2.05, 4.69) is 0 Å². The Hall–Kier alpha value is -3.37. The average molecular weight is 458 g/mol. The minimum absolute atomic E-state index is 0.0954. The van der Waals surface area contributed by atoms with Crippen LogP contribution in [0.4, 0.5) is 5.69 Å². The van der Waals surface area contributed by atoms with Crippen molar-refractivity contribution < 1.29 is 17.9 Å². The largest absolute Gasteiger partial charge is 0.497 e. The Morgan fingerprint density at radius 1 is 1.00 bits per heavy atom. The molecular formula is C21H19N3O5S2. The van der Waals surface area contributed by atoms with Gasteiger partial charge in [0.25, 0.3) is 15.9 Å². The molecule has 0 fully saturated rings. The zero-order valence-electron chi connectivity index (χ0n) is 17.0. The number of carbonyl (C=O) groups is 1. The van der Waals surface area contributed by atoms with E-state index < -0.39 is 15.9 Å². The number of amides is 1. The van der Waals surface area contributed by atoms with E-state index in [9.17, 15) is 18.0 Å². The molecule has 2 aromatic carbocycles. The minimum Gasteiger partial charge on any atom is -0.497 e. The van der Waals surface area contributed by atoms with Gasteiger partial charge in [0.2, 0.25) is 0 Å². The number of sulfonamides is 1. The van der Waals surface area contributed by atoms with Crippen LogP contribution in [0.3, 0.4) is 0 Å². The predicted octanol–water partition coefficient (Wildman–Crippen LogP) is 2.98. The zero-order valence-corrected chi connectivity index (χ0v) is 18.6. The summed E-state index contributed by atoms with van der Waals surface area (Å²) < 4.78 is 36.0. The van der Waals surface area contributed by atoms with Crippen LogP contribution in [0.15, 0.2) is 69.7 Å². The summed E-state index contributed by atoms with van der Waals surface area (Å²) in [6.45, 7) is 0. The normalized spacial score (nSPS) is 11.6. The van der Waals surface area contributed by atoms with E-state index in [1.54, 1.807) is 49.8 Å². The second kappa shape index (κ2) is 7.71. The molecule has 0 aliphatic heterocycles. The molecule has 0 atom stereocenters. The molecular weight excluding hydrogens is 438 g/mol. The number of benzene rings is 2. The van der Waals surface area contributed by atoms with Gasteiger partial charge in [-0.3, -0.25) is 13.9 Å². The highest BCUT2D eigenvalue weighted by molar-refractivity contribution is 7.93. The predicted molar refractivity (Wildman–Crippen MR) is 119 cm³/mol. The molecule has 1 amide bonds. The molecule has 2 heterocycles. The van der Waals surface area contributed by atoms with Gasteiger partial charge in [-0.25, -0.2) is 13.2 Å². The highest BCUT2D eigenvalue weighted by Gasteiger charge is 2.33. The van der Waals surface area contributed by atoms with Gasteiger partial charge in [-0.2, -0.15) is 4.31 Å². The summed E-state index contributed by atoms with van der Waals surface area (Å²) in [5.41, 5.74) is 0.950. The Balaban J connectivity index is 1.90. The van der Waals surface area contributed by atoms with Crippen molar-refractivity contribution in [2.75, 3.05) is 11.4 Å². The first-order valence-electron chi connectivity index (χ1n) is 9.18. The van der Waals surface area contributed by atoms with Crippen LogP contribution in [-0.4, -0.2) is 30.6 Å². The van der Waals surface area contributed by atoms with Gasteiger partial charge in [-0.1, -0.05) is 6.07 Å². The van der Waals surface area contributed by atoms with Gasteiger partial charge in [-0.15, -0.1) is 11.3 Å². The number of hydrogen-bond acceptors (Lipinski definition) is 6. The quantitative estimate of drug-likeness (QED) is 0.460. The van der Waals surface area contributed by atoms with E-state index in [1.165, 1.54) is 40.5 Å². The third-order valence-electron chi connectivity index (χ3n) is 5.01. The molecule has 0 N–H and O–H groups in total. The van der Waals surface area contributed by atoms with Crippen LogP contribution < -0.4 is 14.7 Å². The number of hydrogen-bond donors (Lipinski definition) is 0. The number of anilines is 1. The Morgan fingerprint density at radius 3 is 2.29 bits per heavy atom. The molecule has 8 nitrogen and oxygen atoms in total. The van der Waals surface area contributed by atoms with E-state index in [0.29, 0.717) is 16.8 Å². The van der Waals surface area contributed by atoms with Crippen molar-refractivity contribution in [3.05, 3.63) is 75.3 Å².